The molecule has 0 aliphatic heterocycles. The van der Waals surface area contributed by atoms with Crippen LogP contribution >= 0.6 is 0 Å². The smallest absolute Gasteiger partial charge is 0.119 e. The van der Waals surface area contributed by atoms with E-state index in [1.54, 1.807) is 0 Å². The molecule has 2 heteroatoms. The largest absolute Gasteiger partial charge is 0.494 e. The third kappa shape index (κ3) is 7.25. The van der Waals surface area contributed by atoms with Crippen molar-refractivity contribution in [3.05, 3.63) is 78.9 Å². The quantitative estimate of drug-likeness (QED) is 0.246. The van der Waals surface area contributed by atoms with Gasteiger partial charge in [-0.15, -0.1) is 0 Å². The summed E-state index contributed by atoms with van der Waals surface area (Å²) in [4.78, 5) is 0. The molecular formula is C31H38O2. The molecule has 0 amide bonds. The minimum absolute atomic E-state index is 0.566. The van der Waals surface area contributed by atoms with Gasteiger partial charge in [-0.1, -0.05) is 95.5 Å². The highest BCUT2D eigenvalue weighted by Crippen LogP contribution is 2.31. The molecule has 0 fully saturated rings. The van der Waals surface area contributed by atoms with E-state index in [1.807, 2.05) is 6.08 Å². The fraction of sp³-hybridized carbons (Fsp3) is 0.355. The second kappa shape index (κ2) is 12.9. The Labute approximate surface area is 200 Å². The Kier molecular flexibility index (Phi) is 9.62. The molecule has 0 aliphatic carbocycles. The fourth-order valence-electron chi connectivity index (χ4n) is 3.72. The average molecular weight is 443 g/mol. The zero-order chi connectivity index (χ0) is 23.5. The highest BCUT2D eigenvalue weighted by Gasteiger charge is 2.07. The second-order valence-corrected chi connectivity index (χ2v) is 8.79. The monoisotopic (exact) mass is 442 g/mol. The summed E-state index contributed by atoms with van der Waals surface area (Å²) in [5, 5.41) is 0. The van der Waals surface area contributed by atoms with Crippen molar-refractivity contribution >= 4 is 6.08 Å². The van der Waals surface area contributed by atoms with Crippen LogP contribution in [0.4, 0.5) is 0 Å². The maximum Gasteiger partial charge on any atom is 0.119 e. The van der Waals surface area contributed by atoms with Crippen LogP contribution in [0.1, 0.15) is 58.4 Å². The van der Waals surface area contributed by atoms with E-state index in [1.165, 1.54) is 41.5 Å². The van der Waals surface area contributed by atoms with Gasteiger partial charge in [-0.2, -0.15) is 0 Å². The van der Waals surface area contributed by atoms with Crippen molar-refractivity contribution in [1.82, 2.24) is 0 Å². The van der Waals surface area contributed by atoms with E-state index >= 15 is 0 Å². The molecule has 0 N–H and O–H groups in total. The number of unbranched alkanes of at least 4 members (excludes halogenated alkanes) is 3. The van der Waals surface area contributed by atoms with Crippen molar-refractivity contribution in [3.63, 3.8) is 0 Å². The molecule has 0 aromatic heterocycles. The predicted octanol–water partition coefficient (Wildman–Crippen LogP) is 9.05. The van der Waals surface area contributed by atoms with Gasteiger partial charge in [0.1, 0.15) is 11.5 Å². The van der Waals surface area contributed by atoms with Crippen LogP contribution in [0.2, 0.25) is 0 Å². The first-order valence-electron chi connectivity index (χ1n) is 12.4. The molecule has 3 aromatic carbocycles. The van der Waals surface area contributed by atoms with Crippen LogP contribution in [0.15, 0.2) is 73.3 Å². The molecule has 1 atom stereocenters. The summed E-state index contributed by atoms with van der Waals surface area (Å²) in [5.74, 6) is 2.42. The number of rotatable bonds is 13. The van der Waals surface area contributed by atoms with E-state index in [9.17, 15) is 0 Å². The number of hydrogen-bond acceptors (Lipinski definition) is 2. The molecule has 0 aliphatic rings. The molecule has 0 bridgehead atoms. The van der Waals surface area contributed by atoms with Crippen molar-refractivity contribution in [3.8, 4) is 33.8 Å². The van der Waals surface area contributed by atoms with Gasteiger partial charge in [0, 0.05) is 0 Å². The van der Waals surface area contributed by atoms with Gasteiger partial charge in [-0.3, -0.25) is 0 Å². The summed E-state index contributed by atoms with van der Waals surface area (Å²) in [6.45, 7) is 12.2. The molecule has 2 nitrogen and oxygen atoms in total. The summed E-state index contributed by atoms with van der Waals surface area (Å²) in [5.41, 5.74) is 5.82. The zero-order valence-electron chi connectivity index (χ0n) is 20.5. The normalized spacial score (nSPS) is 11.7. The predicted molar refractivity (Wildman–Crippen MR) is 142 cm³/mol. The standard InChI is InChI=1S/C31H38O2/c1-5-8-9-10-21-32-29-16-11-26(12-17-29)28-15-20-31(25(7-3)22-28)27-13-18-30(19-14-27)33-23-24(4)6-2/h7,11-20,22,24H,3,5-6,8-10,21,23H2,1-2,4H3/t24-/m0/s1. The molecular weight excluding hydrogens is 404 g/mol. The first kappa shape index (κ1) is 24.6. The summed E-state index contributed by atoms with van der Waals surface area (Å²) in [6.07, 6.45) is 7.93. The molecule has 3 rings (SSSR count). The summed E-state index contributed by atoms with van der Waals surface area (Å²) < 4.78 is 11.8. The van der Waals surface area contributed by atoms with Crippen molar-refractivity contribution < 1.29 is 9.47 Å². The number of ether oxygens (including phenoxy) is 2. The van der Waals surface area contributed by atoms with Gasteiger partial charge >= 0.3 is 0 Å². The highest BCUT2D eigenvalue weighted by atomic mass is 16.5. The van der Waals surface area contributed by atoms with Crippen molar-refractivity contribution in [1.29, 1.82) is 0 Å². The zero-order valence-corrected chi connectivity index (χ0v) is 20.5. The van der Waals surface area contributed by atoms with Gasteiger partial charge in [-0.25, -0.2) is 0 Å². The van der Waals surface area contributed by atoms with Gasteiger partial charge in [0.25, 0.3) is 0 Å². The van der Waals surface area contributed by atoms with Gasteiger partial charge in [-0.05, 0) is 70.5 Å². The van der Waals surface area contributed by atoms with E-state index in [2.05, 4.69) is 94.1 Å². The molecule has 174 valence electrons. The summed E-state index contributed by atoms with van der Waals surface area (Å²) in [7, 11) is 0. The Balaban J connectivity index is 1.67. The minimum Gasteiger partial charge on any atom is -0.494 e. The van der Waals surface area contributed by atoms with E-state index in [0.29, 0.717) is 5.92 Å². The first-order chi connectivity index (χ1) is 16.1. The third-order valence-electron chi connectivity index (χ3n) is 6.12. The molecule has 0 unspecified atom stereocenters. The minimum atomic E-state index is 0.566. The van der Waals surface area contributed by atoms with E-state index in [0.717, 1.165) is 43.1 Å². The van der Waals surface area contributed by atoms with Gasteiger partial charge in [0.2, 0.25) is 0 Å². The van der Waals surface area contributed by atoms with Crippen LogP contribution in [0.25, 0.3) is 28.3 Å². The maximum absolute atomic E-state index is 5.90. The SMILES string of the molecule is C=Cc1cc(-c2ccc(OCCCCCC)cc2)ccc1-c1ccc(OC[C@@H](C)CC)cc1. The molecule has 33 heavy (non-hydrogen) atoms. The van der Waals surface area contributed by atoms with Crippen LogP contribution in [-0.4, -0.2) is 13.2 Å². The Morgan fingerprint density at radius 2 is 1.39 bits per heavy atom. The molecule has 0 heterocycles. The highest BCUT2D eigenvalue weighted by molar-refractivity contribution is 5.79. The van der Waals surface area contributed by atoms with E-state index in [-0.39, 0.29) is 0 Å². The van der Waals surface area contributed by atoms with Crippen molar-refractivity contribution in [2.24, 2.45) is 5.92 Å². The van der Waals surface area contributed by atoms with E-state index in [4.69, 9.17) is 9.47 Å². The summed E-state index contributed by atoms with van der Waals surface area (Å²) >= 11 is 0. The third-order valence-corrected chi connectivity index (χ3v) is 6.12. The average Bonchev–Trinajstić information content (AvgIpc) is 2.87. The van der Waals surface area contributed by atoms with Crippen LogP contribution < -0.4 is 9.47 Å². The Bertz CT molecular complexity index is 986. The lowest BCUT2D eigenvalue weighted by atomic mass is 9.95. The van der Waals surface area contributed by atoms with Gasteiger partial charge in [0.05, 0.1) is 13.2 Å². The topological polar surface area (TPSA) is 18.5 Å². The number of benzene rings is 3. The van der Waals surface area contributed by atoms with Crippen LogP contribution in [-0.2, 0) is 0 Å². The van der Waals surface area contributed by atoms with Crippen LogP contribution in [0.3, 0.4) is 0 Å². The van der Waals surface area contributed by atoms with Crippen molar-refractivity contribution in [2.45, 2.75) is 52.9 Å². The van der Waals surface area contributed by atoms with Crippen molar-refractivity contribution in [2.75, 3.05) is 13.2 Å². The first-order valence-corrected chi connectivity index (χ1v) is 12.4. The Hall–Kier alpha value is -3.00. The van der Waals surface area contributed by atoms with Gasteiger partial charge in [0.15, 0.2) is 0 Å². The number of hydrogen-bond donors (Lipinski definition) is 0. The lowest BCUT2D eigenvalue weighted by Gasteiger charge is -2.13. The summed E-state index contributed by atoms with van der Waals surface area (Å²) in [6, 6.07) is 23.3. The Morgan fingerprint density at radius 1 is 0.758 bits per heavy atom. The van der Waals surface area contributed by atoms with Crippen LogP contribution in [0, 0.1) is 5.92 Å². The lowest BCUT2D eigenvalue weighted by molar-refractivity contribution is 0.256. The second-order valence-electron chi connectivity index (χ2n) is 8.79. The molecule has 0 spiro atoms. The van der Waals surface area contributed by atoms with E-state index < -0.39 is 0 Å². The maximum atomic E-state index is 5.90. The molecule has 3 aromatic rings. The van der Waals surface area contributed by atoms with Gasteiger partial charge < -0.3 is 9.47 Å². The molecule has 0 saturated heterocycles. The molecule has 0 saturated carbocycles. The Morgan fingerprint density at radius 3 is 2.03 bits per heavy atom. The lowest BCUT2D eigenvalue weighted by Crippen LogP contribution is -2.06. The molecule has 0 radical (unpaired) electrons. The van der Waals surface area contributed by atoms with Crippen LogP contribution in [0.5, 0.6) is 11.5 Å². The fourth-order valence-corrected chi connectivity index (χ4v) is 3.72.